The Morgan fingerprint density at radius 3 is 2.27 bits per heavy atom. The van der Waals surface area contributed by atoms with E-state index in [9.17, 15) is 4.79 Å². The van der Waals surface area contributed by atoms with Crippen LogP contribution in [0.1, 0.15) is 15.9 Å². The SMILES string of the molecule is COc1ccc(C(=O)N/N=C/c2ccc(N(C)C)cc2)cc1. The lowest BCUT2D eigenvalue weighted by atomic mass is 10.2. The van der Waals surface area contributed by atoms with E-state index in [0.717, 1.165) is 11.3 Å². The monoisotopic (exact) mass is 297 g/mol. The highest BCUT2D eigenvalue weighted by Gasteiger charge is 2.03. The molecule has 22 heavy (non-hydrogen) atoms. The first-order chi connectivity index (χ1) is 10.6. The molecule has 0 heterocycles. The second kappa shape index (κ2) is 7.26. The van der Waals surface area contributed by atoms with E-state index < -0.39 is 0 Å². The quantitative estimate of drug-likeness (QED) is 0.681. The number of amides is 1. The fourth-order valence-corrected chi connectivity index (χ4v) is 1.83. The molecule has 0 spiro atoms. The molecule has 1 amide bonds. The zero-order valence-electron chi connectivity index (χ0n) is 12.9. The number of hydrogen-bond donors (Lipinski definition) is 1. The summed E-state index contributed by atoms with van der Waals surface area (Å²) in [7, 11) is 5.55. The molecule has 0 aliphatic rings. The van der Waals surface area contributed by atoms with Crippen molar-refractivity contribution >= 4 is 17.8 Å². The molecule has 5 heteroatoms. The van der Waals surface area contributed by atoms with Gasteiger partial charge in [-0.25, -0.2) is 5.43 Å². The summed E-state index contributed by atoms with van der Waals surface area (Å²) < 4.78 is 5.05. The Balaban J connectivity index is 1.94. The molecular weight excluding hydrogens is 278 g/mol. The van der Waals surface area contributed by atoms with E-state index in [4.69, 9.17) is 4.74 Å². The van der Waals surface area contributed by atoms with Crippen LogP contribution < -0.4 is 15.1 Å². The Morgan fingerprint density at radius 1 is 1.09 bits per heavy atom. The first-order valence-electron chi connectivity index (χ1n) is 6.85. The second-order valence-corrected chi connectivity index (χ2v) is 4.91. The van der Waals surface area contributed by atoms with Gasteiger partial charge in [-0.3, -0.25) is 4.79 Å². The molecule has 0 unspecified atom stereocenters. The van der Waals surface area contributed by atoms with Crippen molar-refractivity contribution in [3.63, 3.8) is 0 Å². The number of benzene rings is 2. The number of nitrogens with one attached hydrogen (secondary N) is 1. The van der Waals surface area contributed by atoms with Crippen LogP contribution in [0.3, 0.4) is 0 Å². The maximum absolute atomic E-state index is 11.9. The van der Waals surface area contributed by atoms with Gasteiger partial charge in [-0.2, -0.15) is 5.10 Å². The standard InChI is InChI=1S/C17H19N3O2/c1-20(2)15-8-4-13(5-9-15)12-18-19-17(21)14-6-10-16(22-3)11-7-14/h4-12H,1-3H3,(H,19,21)/b18-12+. The van der Waals surface area contributed by atoms with Crippen LogP contribution in [0.25, 0.3) is 0 Å². The number of hydrazone groups is 1. The Hall–Kier alpha value is -2.82. The molecule has 0 radical (unpaired) electrons. The van der Waals surface area contributed by atoms with Gasteiger partial charge in [0, 0.05) is 25.3 Å². The van der Waals surface area contributed by atoms with Gasteiger partial charge in [0.25, 0.3) is 5.91 Å². The molecule has 2 aromatic rings. The fourth-order valence-electron chi connectivity index (χ4n) is 1.83. The normalized spacial score (nSPS) is 10.5. The largest absolute Gasteiger partial charge is 0.497 e. The van der Waals surface area contributed by atoms with Gasteiger partial charge in [0.15, 0.2) is 0 Å². The maximum atomic E-state index is 11.9. The van der Waals surface area contributed by atoms with Gasteiger partial charge in [-0.15, -0.1) is 0 Å². The number of methoxy groups -OCH3 is 1. The molecular formula is C17H19N3O2. The van der Waals surface area contributed by atoms with Gasteiger partial charge in [0.1, 0.15) is 5.75 Å². The molecule has 1 N–H and O–H groups in total. The molecule has 0 aromatic heterocycles. The molecule has 2 aromatic carbocycles. The van der Waals surface area contributed by atoms with Crippen LogP contribution in [-0.2, 0) is 0 Å². The predicted octanol–water partition coefficient (Wildman–Crippen LogP) is 2.53. The van der Waals surface area contributed by atoms with E-state index in [1.165, 1.54) is 0 Å². The summed E-state index contributed by atoms with van der Waals surface area (Å²) in [6.45, 7) is 0. The van der Waals surface area contributed by atoms with Crippen molar-refractivity contribution in [2.45, 2.75) is 0 Å². The van der Waals surface area contributed by atoms with E-state index in [1.807, 2.05) is 43.3 Å². The third kappa shape index (κ3) is 4.09. The van der Waals surface area contributed by atoms with Gasteiger partial charge in [0.05, 0.1) is 13.3 Å². The van der Waals surface area contributed by atoms with Gasteiger partial charge in [0.2, 0.25) is 0 Å². The van der Waals surface area contributed by atoms with Gasteiger partial charge in [-0.1, -0.05) is 12.1 Å². The molecule has 0 aliphatic carbocycles. The molecule has 114 valence electrons. The number of carbonyl (C=O) groups is 1. The third-order valence-corrected chi connectivity index (χ3v) is 3.14. The minimum atomic E-state index is -0.260. The predicted molar refractivity (Wildman–Crippen MR) is 88.8 cm³/mol. The summed E-state index contributed by atoms with van der Waals surface area (Å²) in [6, 6.07) is 14.7. The van der Waals surface area contributed by atoms with E-state index in [2.05, 4.69) is 10.5 Å². The molecule has 0 saturated heterocycles. The van der Waals surface area contributed by atoms with Crippen molar-refractivity contribution in [2.24, 2.45) is 5.10 Å². The van der Waals surface area contributed by atoms with Crippen molar-refractivity contribution in [1.29, 1.82) is 0 Å². The topological polar surface area (TPSA) is 53.9 Å². The van der Waals surface area contributed by atoms with Crippen LogP contribution >= 0.6 is 0 Å². The highest BCUT2D eigenvalue weighted by molar-refractivity contribution is 5.95. The molecule has 0 aliphatic heterocycles. The smallest absolute Gasteiger partial charge is 0.271 e. The molecule has 0 atom stereocenters. The minimum Gasteiger partial charge on any atom is -0.497 e. The summed E-state index contributed by atoms with van der Waals surface area (Å²) in [5.41, 5.74) is 5.06. The zero-order valence-corrected chi connectivity index (χ0v) is 12.9. The summed E-state index contributed by atoms with van der Waals surface area (Å²) >= 11 is 0. The Kier molecular flexibility index (Phi) is 5.14. The van der Waals surface area contributed by atoms with Crippen LogP contribution in [0.15, 0.2) is 53.6 Å². The van der Waals surface area contributed by atoms with Gasteiger partial charge < -0.3 is 9.64 Å². The highest BCUT2D eigenvalue weighted by Crippen LogP contribution is 2.12. The number of nitrogens with zero attached hydrogens (tertiary/aromatic N) is 2. The molecule has 0 fully saturated rings. The van der Waals surface area contributed by atoms with Crippen LogP contribution in [0.2, 0.25) is 0 Å². The van der Waals surface area contributed by atoms with Gasteiger partial charge >= 0.3 is 0 Å². The summed E-state index contributed by atoms with van der Waals surface area (Å²) in [4.78, 5) is 13.9. The van der Waals surface area contributed by atoms with Crippen molar-refractivity contribution in [3.8, 4) is 5.75 Å². The zero-order chi connectivity index (χ0) is 15.9. The van der Waals surface area contributed by atoms with E-state index in [-0.39, 0.29) is 5.91 Å². The Labute approximate surface area is 130 Å². The van der Waals surface area contributed by atoms with Crippen molar-refractivity contribution in [1.82, 2.24) is 5.43 Å². The first-order valence-corrected chi connectivity index (χ1v) is 6.85. The number of carbonyl (C=O) groups excluding carboxylic acids is 1. The Morgan fingerprint density at radius 2 is 1.73 bits per heavy atom. The van der Waals surface area contributed by atoms with Crippen LogP contribution in [0, 0.1) is 0 Å². The number of hydrogen-bond acceptors (Lipinski definition) is 4. The number of anilines is 1. The lowest BCUT2D eigenvalue weighted by Crippen LogP contribution is -2.17. The third-order valence-electron chi connectivity index (χ3n) is 3.14. The van der Waals surface area contributed by atoms with E-state index in [0.29, 0.717) is 11.3 Å². The van der Waals surface area contributed by atoms with E-state index >= 15 is 0 Å². The average Bonchev–Trinajstić information content (AvgIpc) is 2.55. The summed E-state index contributed by atoms with van der Waals surface area (Å²) in [6.07, 6.45) is 1.61. The summed E-state index contributed by atoms with van der Waals surface area (Å²) in [5, 5.41) is 3.97. The summed E-state index contributed by atoms with van der Waals surface area (Å²) in [5.74, 6) is 0.449. The van der Waals surface area contributed by atoms with Crippen molar-refractivity contribution < 1.29 is 9.53 Å². The molecule has 5 nitrogen and oxygen atoms in total. The highest BCUT2D eigenvalue weighted by atomic mass is 16.5. The number of ether oxygens (including phenoxy) is 1. The average molecular weight is 297 g/mol. The van der Waals surface area contributed by atoms with Crippen LogP contribution in [0.4, 0.5) is 5.69 Å². The molecule has 0 bridgehead atoms. The Bertz CT molecular complexity index is 647. The van der Waals surface area contributed by atoms with E-state index in [1.54, 1.807) is 37.6 Å². The van der Waals surface area contributed by atoms with Crippen molar-refractivity contribution in [3.05, 3.63) is 59.7 Å². The minimum absolute atomic E-state index is 0.260. The lowest BCUT2D eigenvalue weighted by Gasteiger charge is -2.11. The first kappa shape index (κ1) is 15.6. The van der Waals surface area contributed by atoms with Gasteiger partial charge in [-0.05, 0) is 42.0 Å². The second-order valence-electron chi connectivity index (χ2n) is 4.91. The molecule has 0 saturated carbocycles. The van der Waals surface area contributed by atoms with Crippen LogP contribution in [0.5, 0.6) is 5.75 Å². The maximum Gasteiger partial charge on any atom is 0.271 e. The lowest BCUT2D eigenvalue weighted by molar-refractivity contribution is 0.0955. The van der Waals surface area contributed by atoms with Crippen molar-refractivity contribution in [2.75, 3.05) is 26.1 Å². The molecule has 2 rings (SSSR count). The van der Waals surface area contributed by atoms with Crippen LogP contribution in [-0.4, -0.2) is 33.3 Å². The number of rotatable bonds is 5. The fraction of sp³-hybridized carbons (Fsp3) is 0.176.